The number of ether oxygens (including phenoxy) is 1. The molecule has 1 aromatic carbocycles. The van der Waals surface area contributed by atoms with E-state index in [9.17, 15) is 4.79 Å². The minimum absolute atomic E-state index is 0. The number of halogens is 1. The first-order chi connectivity index (χ1) is 11.6. The summed E-state index contributed by atoms with van der Waals surface area (Å²) < 4.78 is 5.55. The van der Waals surface area contributed by atoms with Crippen LogP contribution in [-0.4, -0.2) is 26.1 Å². The van der Waals surface area contributed by atoms with Gasteiger partial charge in [0.05, 0.1) is 12.5 Å². The summed E-state index contributed by atoms with van der Waals surface area (Å²) in [5.41, 5.74) is 4.00. The Labute approximate surface area is 156 Å². The van der Waals surface area contributed by atoms with Crippen molar-refractivity contribution in [3.05, 3.63) is 28.8 Å². The van der Waals surface area contributed by atoms with Crippen molar-refractivity contribution in [2.75, 3.05) is 20.2 Å². The molecule has 0 radical (unpaired) electrons. The summed E-state index contributed by atoms with van der Waals surface area (Å²) in [6.07, 6.45) is 6.80. The average molecular weight is 365 g/mol. The van der Waals surface area contributed by atoms with Gasteiger partial charge in [0.25, 0.3) is 0 Å². The lowest BCUT2D eigenvalue weighted by molar-refractivity contribution is -0.127. The fourth-order valence-corrected chi connectivity index (χ4v) is 4.94. The molecule has 5 heteroatoms. The van der Waals surface area contributed by atoms with E-state index in [1.54, 1.807) is 7.11 Å². The number of amides is 1. The highest BCUT2D eigenvalue weighted by molar-refractivity contribution is 5.86. The van der Waals surface area contributed by atoms with Crippen molar-refractivity contribution in [3.63, 3.8) is 0 Å². The lowest BCUT2D eigenvalue weighted by Crippen LogP contribution is -2.38. The minimum Gasteiger partial charge on any atom is -0.496 e. The summed E-state index contributed by atoms with van der Waals surface area (Å²) in [4.78, 5) is 12.8. The SMILES string of the molecule is COc1cc2c(cc1CNC(=O)C1(C)CC13CCNCC3)CCC2.Cl. The lowest BCUT2D eigenvalue weighted by Gasteiger charge is -2.27. The van der Waals surface area contributed by atoms with Crippen LogP contribution in [0.4, 0.5) is 0 Å². The van der Waals surface area contributed by atoms with Gasteiger partial charge in [0.1, 0.15) is 5.75 Å². The molecule has 1 heterocycles. The van der Waals surface area contributed by atoms with Gasteiger partial charge < -0.3 is 15.4 Å². The van der Waals surface area contributed by atoms with E-state index in [0.29, 0.717) is 6.54 Å². The van der Waals surface area contributed by atoms with Crippen LogP contribution in [0.15, 0.2) is 12.1 Å². The molecule has 1 aromatic rings. The lowest BCUT2D eigenvalue weighted by atomic mass is 9.85. The van der Waals surface area contributed by atoms with Crippen LogP contribution in [0.2, 0.25) is 0 Å². The third-order valence-corrected chi connectivity index (χ3v) is 6.73. The molecule has 0 bridgehead atoms. The number of carbonyl (C=O) groups excluding carboxylic acids is 1. The number of hydrogen-bond donors (Lipinski definition) is 2. The topological polar surface area (TPSA) is 50.4 Å². The summed E-state index contributed by atoms with van der Waals surface area (Å²) in [6, 6.07) is 4.40. The van der Waals surface area contributed by atoms with Crippen molar-refractivity contribution >= 4 is 18.3 Å². The third-order valence-electron chi connectivity index (χ3n) is 6.73. The summed E-state index contributed by atoms with van der Waals surface area (Å²) in [7, 11) is 1.72. The van der Waals surface area contributed by atoms with Crippen LogP contribution in [0.25, 0.3) is 0 Å². The van der Waals surface area contributed by atoms with Gasteiger partial charge in [0.15, 0.2) is 0 Å². The van der Waals surface area contributed by atoms with Crippen molar-refractivity contribution in [2.24, 2.45) is 10.8 Å². The van der Waals surface area contributed by atoms with Crippen LogP contribution in [-0.2, 0) is 24.2 Å². The molecule has 1 atom stereocenters. The van der Waals surface area contributed by atoms with Crippen molar-refractivity contribution in [2.45, 2.75) is 52.0 Å². The van der Waals surface area contributed by atoms with Crippen LogP contribution < -0.4 is 15.4 Å². The van der Waals surface area contributed by atoms with Crippen LogP contribution in [0.3, 0.4) is 0 Å². The van der Waals surface area contributed by atoms with E-state index in [4.69, 9.17) is 4.74 Å². The Bertz CT molecular complexity index is 670. The van der Waals surface area contributed by atoms with Gasteiger partial charge in [-0.1, -0.05) is 13.0 Å². The van der Waals surface area contributed by atoms with Crippen LogP contribution >= 0.6 is 12.4 Å². The summed E-state index contributed by atoms with van der Waals surface area (Å²) in [5.74, 6) is 1.13. The zero-order valence-electron chi connectivity index (χ0n) is 15.2. The normalized spacial score (nSPS) is 25.8. The zero-order valence-corrected chi connectivity index (χ0v) is 16.1. The molecule has 4 rings (SSSR count). The molecule has 1 saturated heterocycles. The zero-order chi connectivity index (χ0) is 16.8. The predicted octanol–water partition coefficient (Wildman–Crippen LogP) is 3.00. The number of hydrogen-bond acceptors (Lipinski definition) is 3. The average Bonchev–Trinajstić information content (AvgIpc) is 2.96. The Balaban J connectivity index is 0.00000182. The van der Waals surface area contributed by atoms with Gasteiger partial charge in [-0.2, -0.15) is 0 Å². The monoisotopic (exact) mass is 364 g/mol. The second-order valence-electron chi connectivity index (χ2n) is 8.01. The first-order valence-corrected chi connectivity index (χ1v) is 9.26. The molecule has 1 saturated carbocycles. The number of fused-ring (bicyclic) bond motifs is 1. The van der Waals surface area contributed by atoms with Gasteiger partial charge in [0.2, 0.25) is 5.91 Å². The minimum atomic E-state index is -0.181. The number of rotatable bonds is 4. The summed E-state index contributed by atoms with van der Waals surface area (Å²) >= 11 is 0. The maximum atomic E-state index is 12.8. The Hall–Kier alpha value is -1.26. The molecule has 2 aliphatic carbocycles. The van der Waals surface area contributed by atoms with E-state index in [1.807, 2.05) is 0 Å². The smallest absolute Gasteiger partial charge is 0.226 e. The molecular formula is C20H29ClN2O2. The molecule has 0 aromatic heterocycles. The van der Waals surface area contributed by atoms with Crippen molar-refractivity contribution < 1.29 is 9.53 Å². The predicted molar refractivity (Wildman–Crippen MR) is 101 cm³/mol. The van der Waals surface area contributed by atoms with Crippen molar-refractivity contribution in [1.82, 2.24) is 10.6 Å². The fourth-order valence-electron chi connectivity index (χ4n) is 4.94. The number of nitrogens with one attached hydrogen (secondary N) is 2. The molecule has 1 unspecified atom stereocenters. The van der Waals surface area contributed by atoms with Crippen LogP contribution in [0, 0.1) is 10.8 Å². The highest BCUT2D eigenvalue weighted by atomic mass is 35.5. The molecule has 2 fully saturated rings. The number of carbonyl (C=O) groups is 1. The molecule has 1 amide bonds. The van der Waals surface area contributed by atoms with Gasteiger partial charge in [-0.3, -0.25) is 4.79 Å². The highest BCUT2D eigenvalue weighted by Gasteiger charge is 2.67. The Morgan fingerprint density at radius 3 is 2.60 bits per heavy atom. The van der Waals surface area contributed by atoms with Crippen LogP contribution in [0.1, 0.15) is 49.3 Å². The fraction of sp³-hybridized carbons (Fsp3) is 0.650. The molecule has 3 aliphatic rings. The van der Waals surface area contributed by atoms with Crippen molar-refractivity contribution in [1.29, 1.82) is 0 Å². The van der Waals surface area contributed by atoms with Gasteiger partial charge >= 0.3 is 0 Å². The maximum absolute atomic E-state index is 12.8. The van der Waals surface area contributed by atoms with Gasteiger partial charge in [0, 0.05) is 12.1 Å². The maximum Gasteiger partial charge on any atom is 0.226 e. The molecule has 138 valence electrons. The molecule has 1 aliphatic heterocycles. The quantitative estimate of drug-likeness (QED) is 0.863. The van der Waals surface area contributed by atoms with E-state index in [0.717, 1.165) is 56.5 Å². The Kier molecular flexibility index (Phi) is 5.04. The molecule has 25 heavy (non-hydrogen) atoms. The number of aryl methyl sites for hydroxylation is 2. The first-order valence-electron chi connectivity index (χ1n) is 9.26. The number of methoxy groups -OCH3 is 1. The standard InChI is InChI=1S/C20H28N2O2.ClH/c1-19(13-20(19)6-8-21-9-7-20)18(23)22-12-16-10-14-4-3-5-15(14)11-17(16)24-2;/h10-11,21H,3-9,12-13H2,1-2H3,(H,22,23);1H. The third kappa shape index (κ3) is 3.04. The largest absolute Gasteiger partial charge is 0.496 e. The highest BCUT2D eigenvalue weighted by Crippen LogP contribution is 2.68. The second-order valence-corrected chi connectivity index (χ2v) is 8.01. The number of piperidine rings is 1. The van der Waals surface area contributed by atoms with E-state index in [2.05, 4.69) is 29.7 Å². The van der Waals surface area contributed by atoms with E-state index < -0.39 is 0 Å². The van der Waals surface area contributed by atoms with E-state index in [1.165, 1.54) is 17.5 Å². The molecule has 4 nitrogen and oxygen atoms in total. The first kappa shape index (κ1) is 18.5. The second kappa shape index (κ2) is 6.81. The molecular weight excluding hydrogens is 336 g/mol. The van der Waals surface area contributed by atoms with Crippen LogP contribution in [0.5, 0.6) is 5.75 Å². The van der Waals surface area contributed by atoms with Gasteiger partial charge in [-0.25, -0.2) is 0 Å². The van der Waals surface area contributed by atoms with Gasteiger partial charge in [-0.15, -0.1) is 12.4 Å². The van der Waals surface area contributed by atoms with E-state index in [-0.39, 0.29) is 29.1 Å². The Morgan fingerprint density at radius 2 is 1.92 bits per heavy atom. The molecule has 2 N–H and O–H groups in total. The van der Waals surface area contributed by atoms with Gasteiger partial charge in [-0.05, 0) is 74.2 Å². The number of benzene rings is 1. The summed E-state index contributed by atoms with van der Waals surface area (Å²) in [5, 5.41) is 6.61. The van der Waals surface area contributed by atoms with Crippen molar-refractivity contribution in [3.8, 4) is 5.75 Å². The summed E-state index contributed by atoms with van der Waals surface area (Å²) in [6.45, 7) is 4.80. The molecule has 1 spiro atoms. The Morgan fingerprint density at radius 1 is 1.24 bits per heavy atom. The van der Waals surface area contributed by atoms with E-state index >= 15 is 0 Å².